The van der Waals surface area contributed by atoms with Gasteiger partial charge in [-0.05, 0) is 48.5 Å². The fourth-order valence-corrected chi connectivity index (χ4v) is 3.73. The first-order chi connectivity index (χ1) is 16.3. The highest BCUT2D eigenvalue weighted by Crippen LogP contribution is 2.16. The summed E-state index contributed by atoms with van der Waals surface area (Å²) < 4.78 is 41.4. The maximum absolute atomic E-state index is 13.8. The van der Waals surface area contributed by atoms with Crippen LogP contribution in [-0.4, -0.2) is 58.3 Å². The summed E-state index contributed by atoms with van der Waals surface area (Å²) in [4.78, 5) is 41.1. The van der Waals surface area contributed by atoms with Crippen molar-refractivity contribution >= 4 is 23.4 Å². The number of piperazine rings is 1. The summed E-state index contributed by atoms with van der Waals surface area (Å²) in [6, 6.07) is 11.3. The lowest BCUT2D eigenvalue weighted by atomic mass is 10.1. The van der Waals surface area contributed by atoms with Gasteiger partial charge < -0.3 is 19.7 Å². The highest BCUT2D eigenvalue weighted by Gasteiger charge is 2.27. The van der Waals surface area contributed by atoms with Crippen molar-refractivity contribution in [3.63, 3.8) is 0 Å². The van der Waals surface area contributed by atoms with Crippen LogP contribution in [0.25, 0.3) is 0 Å². The Labute approximate surface area is 193 Å². The average Bonchev–Trinajstić information content (AvgIpc) is 3.28. The summed E-state index contributed by atoms with van der Waals surface area (Å²) in [5.74, 6) is -3.20. The van der Waals surface area contributed by atoms with Crippen LogP contribution < -0.4 is 5.32 Å². The molecule has 1 aliphatic rings. The van der Waals surface area contributed by atoms with Crippen molar-refractivity contribution in [2.75, 3.05) is 31.5 Å². The normalized spacial score (nSPS) is 13.6. The lowest BCUT2D eigenvalue weighted by Crippen LogP contribution is -2.51. The Bertz CT molecular complexity index is 1220. The molecule has 0 spiro atoms. The van der Waals surface area contributed by atoms with Gasteiger partial charge in [-0.15, -0.1) is 0 Å². The maximum Gasteiger partial charge on any atom is 0.270 e. The largest absolute Gasteiger partial charge is 0.335 e. The predicted molar refractivity (Wildman–Crippen MR) is 118 cm³/mol. The average molecular weight is 470 g/mol. The summed E-state index contributed by atoms with van der Waals surface area (Å²) in [6.45, 7) is 0.974. The molecule has 1 aromatic heterocycles. The number of rotatable bonds is 5. The van der Waals surface area contributed by atoms with E-state index >= 15 is 0 Å². The summed E-state index contributed by atoms with van der Waals surface area (Å²) in [7, 11) is 0. The van der Waals surface area contributed by atoms with E-state index in [1.165, 1.54) is 28.8 Å². The van der Waals surface area contributed by atoms with Gasteiger partial charge >= 0.3 is 0 Å². The monoisotopic (exact) mass is 470 g/mol. The van der Waals surface area contributed by atoms with E-state index in [9.17, 15) is 27.6 Å². The molecular formula is C24H21F3N4O3. The van der Waals surface area contributed by atoms with Crippen LogP contribution in [0.3, 0.4) is 0 Å². The molecule has 0 atom stereocenters. The molecule has 2 heterocycles. The quantitative estimate of drug-likeness (QED) is 0.623. The molecule has 34 heavy (non-hydrogen) atoms. The van der Waals surface area contributed by atoms with Gasteiger partial charge in [-0.2, -0.15) is 0 Å². The number of anilines is 1. The molecule has 1 fully saturated rings. The van der Waals surface area contributed by atoms with E-state index < -0.39 is 23.4 Å². The van der Waals surface area contributed by atoms with E-state index in [1.807, 2.05) is 0 Å². The number of benzene rings is 2. The summed E-state index contributed by atoms with van der Waals surface area (Å²) in [5.41, 5.74) is 0.486. The van der Waals surface area contributed by atoms with Crippen LogP contribution in [0.1, 0.15) is 20.8 Å². The predicted octanol–water partition coefficient (Wildman–Crippen LogP) is 3.14. The third-order valence-electron chi connectivity index (χ3n) is 5.51. The second-order valence-electron chi connectivity index (χ2n) is 7.78. The smallest absolute Gasteiger partial charge is 0.270 e. The summed E-state index contributed by atoms with van der Waals surface area (Å²) in [5, 5.41) is 2.36. The highest BCUT2D eigenvalue weighted by atomic mass is 19.1. The minimum absolute atomic E-state index is 0.159. The summed E-state index contributed by atoms with van der Waals surface area (Å²) >= 11 is 0. The third kappa shape index (κ3) is 5.11. The Hall–Kier alpha value is -4.08. The number of carbonyl (C=O) groups is 3. The van der Waals surface area contributed by atoms with Gasteiger partial charge in [0, 0.05) is 44.0 Å². The standard InChI is InChI=1S/C24H21F3N4O3/c25-17-5-3-16(4-6-17)23(33)29-10-12-30(13-11-29)24(34)21-2-1-9-31(21)15-22(32)28-20-8-7-18(26)14-19(20)27/h1-9,14H,10-13,15H2,(H,28,32). The van der Waals surface area contributed by atoms with E-state index in [-0.39, 0.29) is 29.7 Å². The van der Waals surface area contributed by atoms with Gasteiger partial charge in [-0.1, -0.05) is 0 Å². The number of amides is 3. The number of aromatic nitrogens is 1. The molecule has 1 aliphatic heterocycles. The maximum atomic E-state index is 13.8. The van der Waals surface area contributed by atoms with Crippen LogP contribution in [0.2, 0.25) is 0 Å². The van der Waals surface area contributed by atoms with E-state index in [0.29, 0.717) is 37.8 Å². The first-order valence-electron chi connectivity index (χ1n) is 10.6. The molecule has 3 aromatic rings. The first-order valence-corrected chi connectivity index (χ1v) is 10.6. The molecule has 0 bridgehead atoms. The first kappa shape index (κ1) is 23.1. The van der Waals surface area contributed by atoms with Crippen LogP contribution in [-0.2, 0) is 11.3 Å². The van der Waals surface area contributed by atoms with Crippen molar-refractivity contribution in [1.82, 2.24) is 14.4 Å². The highest BCUT2D eigenvalue weighted by molar-refractivity contribution is 5.96. The third-order valence-corrected chi connectivity index (χ3v) is 5.51. The SMILES string of the molecule is O=C(Cn1cccc1C(=O)N1CCN(C(=O)c2ccc(F)cc2)CC1)Nc1ccc(F)cc1F. The molecule has 7 nitrogen and oxygen atoms in total. The molecule has 176 valence electrons. The molecule has 1 saturated heterocycles. The number of halogens is 3. The van der Waals surface area contributed by atoms with Gasteiger partial charge in [0.05, 0.1) is 5.69 Å². The van der Waals surface area contributed by atoms with E-state index in [1.54, 1.807) is 28.1 Å². The molecule has 0 aliphatic carbocycles. The van der Waals surface area contributed by atoms with Crippen LogP contribution in [0.15, 0.2) is 60.8 Å². The van der Waals surface area contributed by atoms with E-state index in [2.05, 4.69) is 5.32 Å². The van der Waals surface area contributed by atoms with Crippen LogP contribution >= 0.6 is 0 Å². The summed E-state index contributed by atoms with van der Waals surface area (Å²) in [6.07, 6.45) is 1.56. The molecular weight excluding hydrogens is 449 g/mol. The number of nitrogens with one attached hydrogen (secondary N) is 1. The van der Waals surface area contributed by atoms with Gasteiger partial charge in [0.1, 0.15) is 29.7 Å². The topological polar surface area (TPSA) is 74.7 Å². The number of hydrogen-bond acceptors (Lipinski definition) is 3. The second kappa shape index (κ2) is 9.82. The lowest BCUT2D eigenvalue weighted by Gasteiger charge is -2.35. The molecule has 4 rings (SSSR count). The fourth-order valence-electron chi connectivity index (χ4n) is 3.73. The van der Waals surface area contributed by atoms with E-state index in [0.717, 1.165) is 12.1 Å². The van der Waals surface area contributed by atoms with Gasteiger partial charge in [0.25, 0.3) is 11.8 Å². The van der Waals surface area contributed by atoms with Crippen molar-refractivity contribution < 1.29 is 27.6 Å². The van der Waals surface area contributed by atoms with Gasteiger partial charge in [0.2, 0.25) is 5.91 Å². The van der Waals surface area contributed by atoms with Crippen molar-refractivity contribution in [2.45, 2.75) is 6.54 Å². The molecule has 0 radical (unpaired) electrons. The number of carbonyl (C=O) groups excluding carboxylic acids is 3. The van der Waals surface area contributed by atoms with Crippen molar-refractivity contribution in [3.05, 3.63) is 89.5 Å². The van der Waals surface area contributed by atoms with Gasteiger partial charge in [0.15, 0.2) is 0 Å². The fraction of sp³-hybridized carbons (Fsp3) is 0.208. The Morgan fingerprint density at radius 1 is 0.794 bits per heavy atom. The molecule has 10 heteroatoms. The Balaban J connectivity index is 1.35. The van der Waals surface area contributed by atoms with Crippen molar-refractivity contribution in [3.8, 4) is 0 Å². The number of nitrogens with zero attached hydrogens (tertiary/aromatic N) is 3. The lowest BCUT2D eigenvalue weighted by molar-refractivity contribution is -0.116. The molecule has 2 aromatic carbocycles. The zero-order valence-electron chi connectivity index (χ0n) is 18.0. The van der Waals surface area contributed by atoms with Crippen LogP contribution in [0.5, 0.6) is 0 Å². The zero-order chi connectivity index (χ0) is 24.2. The number of hydrogen-bond donors (Lipinski definition) is 1. The Morgan fingerprint density at radius 3 is 2.06 bits per heavy atom. The van der Waals surface area contributed by atoms with Crippen molar-refractivity contribution in [1.29, 1.82) is 0 Å². The van der Waals surface area contributed by atoms with E-state index in [4.69, 9.17) is 0 Å². The van der Waals surface area contributed by atoms with Crippen LogP contribution in [0.4, 0.5) is 18.9 Å². The minimum atomic E-state index is -0.898. The zero-order valence-corrected chi connectivity index (χ0v) is 18.0. The molecule has 3 amide bonds. The van der Waals surface area contributed by atoms with Crippen LogP contribution in [0, 0.1) is 17.5 Å². The molecule has 0 saturated carbocycles. The van der Waals surface area contributed by atoms with Crippen molar-refractivity contribution in [2.24, 2.45) is 0 Å². The van der Waals surface area contributed by atoms with Gasteiger partial charge in [-0.25, -0.2) is 13.2 Å². The molecule has 0 unspecified atom stereocenters. The minimum Gasteiger partial charge on any atom is -0.335 e. The Morgan fingerprint density at radius 2 is 1.41 bits per heavy atom. The molecule has 1 N–H and O–H groups in total. The van der Waals surface area contributed by atoms with Gasteiger partial charge in [-0.3, -0.25) is 14.4 Å². The Kier molecular flexibility index (Phi) is 6.67. The second-order valence-corrected chi connectivity index (χ2v) is 7.78.